The van der Waals surface area contributed by atoms with Crippen LogP contribution in [0.25, 0.3) is 6.08 Å². The highest BCUT2D eigenvalue weighted by Gasteiger charge is 2.05. The first-order chi connectivity index (χ1) is 7.54. The fourth-order valence-corrected chi connectivity index (χ4v) is 1.27. The van der Waals surface area contributed by atoms with Gasteiger partial charge in [-0.1, -0.05) is 17.7 Å². The number of carbonyl (C=O) groups excluding carboxylic acids is 1. The lowest BCUT2D eigenvalue weighted by atomic mass is 10.1. The van der Waals surface area contributed by atoms with E-state index >= 15 is 0 Å². The first-order valence-corrected chi connectivity index (χ1v) is 5.23. The number of hydrogen-bond donors (Lipinski definition) is 0. The smallest absolute Gasteiger partial charge is 0.333 e. The van der Waals surface area contributed by atoms with E-state index in [1.54, 1.807) is 26.0 Å². The van der Waals surface area contributed by atoms with Crippen molar-refractivity contribution in [1.82, 2.24) is 0 Å². The molecule has 0 fully saturated rings. The Morgan fingerprint density at radius 3 is 2.81 bits per heavy atom. The highest BCUT2D eigenvalue weighted by molar-refractivity contribution is 6.30. The molecular weight excluding hydrogens is 231 g/mol. The van der Waals surface area contributed by atoms with E-state index < -0.39 is 11.8 Å². The third-order valence-electron chi connectivity index (χ3n) is 1.92. The van der Waals surface area contributed by atoms with Crippen molar-refractivity contribution in [3.8, 4) is 0 Å². The Balaban J connectivity index is 2.89. The molecule has 0 saturated carbocycles. The van der Waals surface area contributed by atoms with Gasteiger partial charge in [0.15, 0.2) is 0 Å². The Hall–Kier alpha value is -1.35. The molecule has 0 heterocycles. The third kappa shape index (κ3) is 3.35. The van der Waals surface area contributed by atoms with E-state index in [9.17, 15) is 9.18 Å². The van der Waals surface area contributed by atoms with Crippen LogP contribution in [0.15, 0.2) is 23.8 Å². The zero-order chi connectivity index (χ0) is 12.1. The highest BCUT2D eigenvalue weighted by Crippen LogP contribution is 2.17. The van der Waals surface area contributed by atoms with E-state index in [-0.39, 0.29) is 5.02 Å². The second-order valence-corrected chi connectivity index (χ2v) is 3.63. The molecule has 16 heavy (non-hydrogen) atoms. The van der Waals surface area contributed by atoms with Gasteiger partial charge in [-0.3, -0.25) is 0 Å². The molecular formula is C12H12ClFO2. The molecule has 1 aromatic carbocycles. The quantitative estimate of drug-likeness (QED) is 0.600. The molecule has 1 aromatic rings. The van der Waals surface area contributed by atoms with Crippen LogP contribution >= 0.6 is 11.6 Å². The molecule has 0 amide bonds. The van der Waals surface area contributed by atoms with Gasteiger partial charge in [0, 0.05) is 5.57 Å². The summed E-state index contributed by atoms with van der Waals surface area (Å²) < 4.78 is 17.9. The van der Waals surface area contributed by atoms with Crippen LogP contribution in [0.5, 0.6) is 0 Å². The lowest BCUT2D eigenvalue weighted by Crippen LogP contribution is -2.04. The molecule has 4 heteroatoms. The maximum absolute atomic E-state index is 13.1. The van der Waals surface area contributed by atoms with E-state index in [2.05, 4.69) is 0 Å². The number of hydrogen-bond acceptors (Lipinski definition) is 2. The zero-order valence-corrected chi connectivity index (χ0v) is 9.84. The predicted molar refractivity (Wildman–Crippen MR) is 61.7 cm³/mol. The number of ether oxygens (including phenoxy) is 1. The SMILES string of the molecule is CCOC(=O)/C(C)=C/c1ccc(Cl)c(F)c1. The summed E-state index contributed by atoms with van der Waals surface area (Å²) in [5, 5.41) is 0.0611. The van der Waals surface area contributed by atoms with Crippen LogP contribution in [0, 0.1) is 5.82 Å². The summed E-state index contributed by atoms with van der Waals surface area (Å²) in [6.45, 7) is 3.66. The van der Waals surface area contributed by atoms with Crippen molar-refractivity contribution < 1.29 is 13.9 Å². The standard InChI is InChI=1S/C12H12ClFO2/c1-3-16-12(15)8(2)6-9-4-5-10(13)11(14)7-9/h4-7H,3H2,1-2H3/b8-6+. The zero-order valence-electron chi connectivity index (χ0n) is 9.09. The largest absolute Gasteiger partial charge is 0.463 e. The van der Waals surface area contributed by atoms with E-state index in [1.807, 2.05) is 0 Å². The molecule has 0 N–H and O–H groups in total. The molecule has 0 aliphatic heterocycles. The topological polar surface area (TPSA) is 26.3 Å². The summed E-state index contributed by atoms with van der Waals surface area (Å²) >= 11 is 5.54. The first kappa shape index (κ1) is 12.7. The molecule has 0 aromatic heterocycles. The van der Waals surface area contributed by atoms with Crippen LogP contribution in [-0.4, -0.2) is 12.6 Å². The first-order valence-electron chi connectivity index (χ1n) is 4.85. The Bertz CT molecular complexity index is 427. The van der Waals surface area contributed by atoms with Crippen molar-refractivity contribution in [3.63, 3.8) is 0 Å². The van der Waals surface area contributed by atoms with Crippen molar-refractivity contribution in [2.75, 3.05) is 6.61 Å². The van der Waals surface area contributed by atoms with Crippen molar-refractivity contribution in [3.05, 3.63) is 40.2 Å². The van der Waals surface area contributed by atoms with E-state index in [1.165, 1.54) is 12.1 Å². The van der Waals surface area contributed by atoms with Crippen molar-refractivity contribution in [1.29, 1.82) is 0 Å². The van der Waals surface area contributed by atoms with Gasteiger partial charge in [-0.15, -0.1) is 0 Å². The van der Waals surface area contributed by atoms with Crippen LogP contribution in [0.3, 0.4) is 0 Å². The fraction of sp³-hybridized carbons (Fsp3) is 0.250. The van der Waals surface area contributed by atoms with Gasteiger partial charge >= 0.3 is 5.97 Å². The Morgan fingerprint density at radius 2 is 2.25 bits per heavy atom. The van der Waals surface area contributed by atoms with Gasteiger partial charge in [0.2, 0.25) is 0 Å². The van der Waals surface area contributed by atoms with Gasteiger partial charge in [-0.2, -0.15) is 0 Å². The predicted octanol–water partition coefficient (Wildman–Crippen LogP) is 3.45. The average Bonchev–Trinajstić information content (AvgIpc) is 2.24. The second-order valence-electron chi connectivity index (χ2n) is 3.22. The Morgan fingerprint density at radius 1 is 1.56 bits per heavy atom. The minimum Gasteiger partial charge on any atom is -0.463 e. The summed E-state index contributed by atoms with van der Waals surface area (Å²) in [5.41, 5.74) is 0.996. The van der Waals surface area contributed by atoms with Gasteiger partial charge in [-0.05, 0) is 37.6 Å². The minimum absolute atomic E-state index is 0.0611. The number of esters is 1. The van der Waals surface area contributed by atoms with Crippen molar-refractivity contribution in [2.45, 2.75) is 13.8 Å². The van der Waals surface area contributed by atoms with Gasteiger partial charge in [0.05, 0.1) is 11.6 Å². The number of rotatable bonds is 3. The maximum atomic E-state index is 13.1. The average molecular weight is 243 g/mol. The molecule has 0 unspecified atom stereocenters. The van der Waals surface area contributed by atoms with Crippen LogP contribution in [0.1, 0.15) is 19.4 Å². The molecule has 1 rings (SSSR count). The lowest BCUT2D eigenvalue weighted by Gasteiger charge is -2.02. The summed E-state index contributed by atoms with van der Waals surface area (Å²) in [5.74, 6) is -0.912. The molecule has 0 spiro atoms. The van der Waals surface area contributed by atoms with Crippen LogP contribution in [0.4, 0.5) is 4.39 Å². The van der Waals surface area contributed by atoms with Gasteiger partial charge < -0.3 is 4.74 Å². The molecule has 0 radical (unpaired) electrons. The number of halogens is 2. The third-order valence-corrected chi connectivity index (χ3v) is 2.23. The maximum Gasteiger partial charge on any atom is 0.333 e. The van der Waals surface area contributed by atoms with Crippen LogP contribution < -0.4 is 0 Å². The fourth-order valence-electron chi connectivity index (χ4n) is 1.16. The van der Waals surface area contributed by atoms with Gasteiger partial charge in [-0.25, -0.2) is 9.18 Å². The van der Waals surface area contributed by atoms with Crippen molar-refractivity contribution in [2.24, 2.45) is 0 Å². The summed E-state index contributed by atoms with van der Waals surface area (Å²) in [6, 6.07) is 4.35. The monoisotopic (exact) mass is 242 g/mol. The molecule has 2 nitrogen and oxygen atoms in total. The molecule has 0 saturated heterocycles. The second kappa shape index (κ2) is 5.66. The Kier molecular flexibility index (Phi) is 4.50. The van der Waals surface area contributed by atoms with Gasteiger partial charge in [0.1, 0.15) is 5.82 Å². The molecule has 86 valence electrons. The molecule has 0 aliphatic carbocycles. The minimum atomic E-state index is -0.507. The molecule has 0 aliphatic rings. The number of carbonyl (C=O) groups is 1. The summed E-state index contributed by atoms with van der Waals surface area (Å²) in [7, 11) is 0. The van der Waals surface area contributed by atoms with Crippen molar-refractivity contribution >= 4 is 23.6 Å². The van der Waals surface area contributed by atoms with Gasteiger partial charge in [0.25, 0.3) is 0 Å². The normalized spacial score (nSPS) is 11.4. The Labute approximate surface area is 98.7 Å². The van der Waals surface area contributed by atoms with E-state index in [0.717, 1.165) is 0 Å². The van der Waals surface area contributed by atoms with E-state index in [4.69, 9.17) is 16.3 Å². The van der Waals surface area contributed by atoms with E-state index in [0.29, 0.717) is 17.7 Å². The highest BCUT2D eigenvalue weighted by atomic mass is 35.5. The molecule has 0 atom stereocenters. The molecule has 0 bridgehead atoms. The number of benzene rings is 1. The van der Waals surface area contributed by atoms with Crippen LogP contribution in [-0.2, 0) is 9.53 Å². The lowest BCUT2D eigenvalue weighted by molar-refractivity contribution is -0.138. The summed E-state index contributed by atoms with van der Waals surface area (Å²) in [6.07, 6.45) is 1.55. The van der Waals surface area contributed by atoms with Crippen LogP contribution in [0.2, 0.25) is 5.02 Å². The summed E-state index contributed by atoms with van der Waals surface area (Å²) in [4.78, 5) is 11.3.